The van der Waals surface area contributed by atoms with Crippen molar-refractivity contribution in [3.05, 3.63) is 30.5 Å². The molecule has 100 valence electrons. The average molecular weight is 257 g/mol. The van der Waals surface area contributed by atoms with Gasteiger partial charge in [0.25, 0.3) is 0 Å². The summed E-state index contributed by atoms with van der Waals surface area (Å²) in [5.74, 6) is 0. The number of pyridine rings is 1. The van der Waals surface area contributed by atoms with Crippen LogP contribution in [-0.2, 0) is 4.74 Å². The first-order valence-electron chi connectivity index (χ1n) is 6.68. The first kappa shape index (κ1) is 12.2. The second kappa shape index (κ2) is 4.70. The predicted octanol–water partition coefficient (Wildman–Crippen LogP) is 2.43. The molecule has 2 heterocycles. The van der Waals surface area contributed by atoms with E-state index in [1.54, 1.807) is 0 Å². The summed E-state index contributed by atoms with van der Waals surface area (Å²) >= 11 is 0. The van der Waals surface area contributed by atoms with Gasteiger partial charge in [-0.3, -0.25) is 4.98 Å². The molecule has 2 N–H and O–H groups in total. The van der Waals surface area contributed by atoms with Gasteiger partial charge in [0.05, 0.1) is 17.7 Å². The molecular formula is C15H19N3O. The van der Waals surface area contributed by atoms with Crippen LogP contribution in [0.4, 0.5) is 11.4 Å². The van der Waals surface area contributed by atoms with E-state index >= 15 is 0 Å². The van der Waals surface area contributed by atoms with E-state index in [0.717, 1.165) is 29.7 Å². The molecule has 0 aliphatic carbocycles. The number of nitrogens with two attached hydrogens (primary N) is 1. The van der Waals surface area contributed by atoms with E-state index in [1.807, 2.05) is 18.3 Å². The van der Waals surface area contributed by atoms with Crippen molar-refractivity contribution in [3.8, 4) is 0 Å². The quantitative estimate of drug-likeness (QED) is 0.797. The highest BCUT2D eigenvalue weighted by atomic mass is 16.5. The van der Waals surface area contributed by atoms with Gasteiger partial charge in [0.15, 0.2) is 0 Å². The number of morpholine rings is 1. The maximum atomic E-state index is 5.82. The average Bonchev–Trinajstić information content (AvgIpc) is 2.36. The minimum absolute atomic E-state index is 0.251. The van der Waals surface area contributed by atoms with Gasteiger partial charge in [-0.1, -0.05) is 0 Å². The Kier molecular flexibility index (Phi) is 3.03. The summed E-state index contributed by atoms with van der Waals surface area (Å²) in [6.07, 6.45) is 2.35. The molecule has 19 heavy (non-hydrogen) atoms. The number of nitrogen functional groups attached to an aromatic ring is 1. The number of anilines is 2. The Labute approximate surface area is 113 Å². The van der Waals surface area contributed by atoms with Crippen LogP contribution >= 0.6 is 0 Å². The van der Waals surface area contributed by atoms with Crippen LogP contribution in [0, 0.1) is 0 Å². The Balaban J connectivity index is 2.04. The van der Waals surface area contributed by atoms with Crippen molar-refractivity contribution in [2.45, 2.75) is 26.1 Å². The number of hydrogen-bond donors (Lipinski definition) is 1. The summed E-state index contributed by atoms with van der Waals surface area (Å²) in [6.45, 7) is 6.05. The second-order valence-corrected chi connectivity index (χ2v) is 5.27. The van der Waals surface area contributed by atoms with Gasteiger partial charge in [0, 0.05) is 36.0 Å². The lowest BCUT2D eigenvalue weighted by Crippen LogP contribution is -2.45. The lowest BCUT2D eigenvalue weighted by Gasteiger charge is -2.37. The van der Waals surface area contributed by atoms with Crippen molar-refractivity contribution in [3.63, 3.8) is 0 Å². The van der Waals surface area contributed by atoms with E-state index in [1.165, 1.54) is 5.69 Å². The van der Waals surface area contributed by atoms with E-state index < -0.39 is 0 Å². The minimum atomic E-state index is 0.251. The lowest BCUT2D eigenvalue weighted by atomic mass is 10.1. The number of benzene rings is 1. The maximum Gasteiger partial charge on any atom is 0.0743 e. The standard InChI is InChI=1S/C15H19N3O/c1-10-8-18(9-11(2)19-10)15-5-6-17-14-7-12(16)3-4-13(14)15/h3-7,10-11H,8-9,16H2,1-2H3. The zero-order valence-electron chi connectivity index (χ0n) is 11.3. The van der Waals surface area contributed by atoms with Crippen LogP contribution in [0.5, 0.6) is 0 Å². The number of ether oxygens (including phenoxy) is 1. The maximum absolute atomic E-state index is 5.82. The number of hydrogen-bond acceptors (Lipinski definition) is 4. The fourth-order valence-electron chi connectivity index (χ4n) is 2.80. The van der Waals surface area contributed by atoms with Gasteiger partial charge in [-0.25, -0.2) is 0 Å². The highest BCUT2D eigenvalue weighted by Crippen LogP contribution is 2.28. The van der Waals surface area contributed by atoms with Gasteiger partial charge in [-0.05, 0) is 38.1 Å². The summed E-state index contributed by atoms with van der Waals surface area (Å²) in [6, 6.07) is 7.98. The van der Waals surface area contributed by atoms with Crippen molar-refractivity contribution in [1.29, 1.82) is 0 Å². The van der Waals surface area contributed by atoms with Gasteiger partial charge >= 0.3 is 0 Å². The summed E-state index contributed by atoms with van der Waals surface area (Å²) in [5.41, 5.74) is 8.74. The molecule has 0 amide bonds. The topological polar surface area (TPSA) is 51.4 Å². The van der Waals surface area contributed by atoms with Crippen molar-refractivity contribution in [2.75, 3.05) is 23.7 Å². The monoisotopic (exact) mass is 257 g/mol. The number of aromatic nitrogens is 1. The largest absolute Gasteiger partial charge is 0.399 e. The predicted molar refractivity (Wildman–Crippen MR) is 78.4 cm³/mol. The molecule has 0 radical (unpaired) electrons. The fraction of sp³-hybridized carbons (Fsp3) is 0.400. The molecule has 1 fully saturated rings. The van der Waals surface area contributed by atoms with Gasteiger partial charge in [-0.15, -0.1) is 0 Å². The van der Waals surface area contributed by atoms with Crippen molar-refractivity contribution in [1.82, 2.24) is 4.98 Å². The fourth-order valence-corrected chi connectivity index (χ4v) is 2.80. The third-order valence-electron chi connectivity index (χ3n) is 3.50. The third kappa shape index (κ3) is 2.36. The molecule has 3 rings (SSSR count). The van der Waals surface area contributed by atoms with Crippen LogP contribution < -0.4 is 10.6 Å². The van der Waals surface area contributed by atoms with E-state index in [0.29, 0.717) is 0 Å². The Bertz CT molecular complexity index is 589. The van der Waals surface area contributed by atoms with E-state index in [9.17, 15) is 0 Å². The molecule has 1 saturated heterocycles. The van der Waals surface area contributed by atoms with Crippen molar-refractivity contribution >= 4 is 22.3 Å². The van der Waals surface area contributed by atoms with Crippen LogP contribution in [0.3, 0.4) is 0 Å². The molecule has 4 heteroatoms. The molecule has 1 aliphatic heterocycles. The Hall–Kier alpha value is -1.81. The normalized spacial score (nSPS) is 23.8. The molecule has 1 aliphatic rings. The number of rotatable bonds is 1. The third-order valence-corrected chi connectivity index (χ3v) is 3.50. The van der Waals surface area contributed by atoms with E-state index in [2.05, 4.69) is 35.9 Å². The Morgan fingerprint density at radius 3 is 2.68 bits per heavy atom. The van der Waals surface area contributed by atoms with Gasteiger partial charge < -0.3 is 15.4 Å². The van der Waals surface area contributed by atoms with Crippen LogP contribution in [0.25, 0.3) is 10.9 Å². The highest BCUT2D eigenvalue weighted by molar-refractivity contribution is 5.93. The molecule has 2 unspecified atom stereocenters. The first-order valence-corrected chi connectivity index (χ1v) is 6.68. The Morgan fingerprint density at radius 1 is 1.21 bits per heavy atom. The summed E-state index contributed by atoms with van der Waals surface area (Å²) in [4.78, 5) is 6.77. The SMILES string of the molecule is CC1CN(c2ccnc3cc(N)ccc23)CC(C)O1. The molecule has 0 spiro atoms. The number of fused-ring (bicyclic) bond motifs is 1. The van der Waals surface area contributed by atoms with Gasteiger partial charge in [-0.2, -0.15) is 0 Å². The summed E-state index contributed by atoms with van der Waals surface area (Å²) in [5, 5.41) is 1.15. The highest BCUT2D eigenvalue weighted by Gasteiger charge is 2.23. The number of nitrogens with zero attached hydrogens (tertiary/aromatic N) is 2. The van der Waals surface area contributed by atoms with Crippen LogP contribution in [-0.4, -0.2) is 30.3 Å². The molecule has 2 aromatic rings. The Morgan fingerprint density at radius 2 is 1.95 bits per heavy atom. The molecule has 0 saturated carbocycles. The molecular weight excluding hydrogens is 238 g/mol. The van der Waals surface area contributed by atoms with Gasteiger partial charge in [0.2, 0.25) is 0 Å². The van der Waals surface area contributed by atoms with E-state index in [-0.39, 0.29) is 12.2 Å². The molecule has 1 aromatic carbocycles. The van der Waals surface area contributed by atoms with Crippen molar-refractivity contribution in [2.24, 2.45) is 0 Å². The summed E-state index contributed by atoms with van der Waals surface area (Å²) < 4.78 is 5.79. The lowest BCUT2D eigenvalue weighted by molar-refractivity contribution is -0.00513. The van der Waals surface area contributed by atoms with Crippen molar-refractivity contribution < 1.29 is 4.74 Å². The van der Waals surface area contributed by atoms with Crippen LogP contribution in [0.2, 0.25) is 0 Å². The second-order valence-electron chi connectivity index (χ2n) is 5.27. The zero-order valence-corrected chi connectivity index (χ0v) is 11.3. The molecule has 4 nitrogen and oxygen atoms in total. The molecule has 0 bridgehead atoms. The smallest absolute Gasteiger partial charge is 0.0743 e. The van der Waals surface area contributed by atoms with Crippen LogP contribution in [0.15, 0.2) is 30.5 Å². The van der Waals surface area contributed by atoms with Gasteiger partial charge in [0.1, 0.15) is 0 Å². The van der Waals surface area contributed by atoms with E-state index in [4.69, 9.17) is 10.5 Å². The zero-order chi connectivity index (χ0) is 13.4. The summed E-state index contributed by atoms with van der Waals surface area (Å²) in [7, 11) is 0. The first-order chi connectivity index (χ1) is 9.13. The molecule has 2 atom stereocenters. The minimum Gasteiger partial charge on any atom is -0.399 e. The molecule has 1 aromatic heterocycles. The van der Waals surface area contributed by atoms with Crippen LogP contribution in [0.1, 0.15) is 13.8 Å².